The summed E-state index contributed by atoms with van der Waals surface area (Å²) in [5, 5.41) is 5.40. The number of fused-ring (bicyclic) bond motifs is 2. The molecule has 0 aliphatic carbocycles. The SMILES string of the molecule is CCCC(P)c1cccc2cc3ccccc3cc12. The third kappa shape index (κ3) is 2.38. The van der Waals surface area contributed by atoms with Crippen molar-refractivity contribution in [3.05, 3.63) is 60.2 Å². The van der Waals surface area contributed by atoms with Gasteiger partial charge >= 0.3 is 0 Å². The zero-order chi connectivity index (χ0) is 13.2. The fraction of sp³-hybridized carbons (Fsp3) is 0.222. The van der Waals surface area contributed by atoms with E-state index in [4.69, 9.17) is 0 Å². The molecule has 96 valence electrons. The van der Waals surface area contributed by atoms with E-state index in [9.17, 15) is 0 Å². The zero-order valence-electron chi connectivity index (χ0n) is 11.3. The quantitative estimate of drug-likeness (QED) is 0.421. The number of rotatable bonds is 3. The molecule has 0 spiro atoms. The standard InChI is InChI=1S/C18H19P/c1-2-6-18(19)16-10-5-9-15-11-13-7-3-4-8-14(13)12-17(15)16/h3-5,7-12,18H,2,6,19H2,1H3. The average Bonchev–Trinajstić information content (AvgIpc) is 2.44. The van der Waals surface area contributed by atoms with Crippen LogP contribution in [0.1, 0.15) is 31.0 Å². The minimum Gasteiger partial charge on any atom is -0.130 e. The van der Waals surface area contributed by atoms with E-state index in [1.807, 2.05) is 0 Å². The monoisotopic (exact) mass is 266 g/mol. The summed E-state index contributed by atoms with van der Waals surface area (Å²) in [5.41, 5.74) is 2.00. The summed E-state index contributed by atoms with van der Waals surface area (Å²) in [6, 6.07) is 19.9. The predicted molar refractivity (Wildman–Crippen MR) is 88.8 cm³/mol. The molecule has 0 amide bonds. The van der Waals surface area contributed by atoms with Crippen molar-refractivity contribution >= 4 is 30.8 Å². The summed E-state index contributed by atoms with van der Waals surface area (Å²) >= 11 is 0. The molecule has 0 heterocycles. The van der Waals surface area contributed by atoms with Gasteiger partial charge in [-0.3, -0.25) is 0 Å². The Morgan fingerprint density at radius 3 is 2.32 bits per heavy atom. The Kier molecular flexibility index (Phi) is 3.53. The summed E-state index contributed by atoms with van der Waals surface area (Å²) in [4.78, 5) is 0. The Morgan fingerprint density at radius 2 is 1.58 bits per heavy atom. The van der Waals surface area contributed by atoms with Crippen LogP contribution >= 0.6 is 9.24 Å². The predicted octanol–water partition coefficient (Wildman–Crippen LogP) is 5.71. The van der Waals surface area contributed by atoms with E-state index in [-0.39, 0.29) is 0 Å². The lowest BCUT2D eigenvalue weighted by atomic mass is 9.97. The van der Waals surface area contributed by atoms with E-state index < -0.39 is 0 Å². The molecule has 3 aromatic rings. The summed E-state index contributed by atoms with van der Waals surface area (Å²) in [5.74, 6) is 0. The molecule has 0 radical (unpaired) electrons. The van der Waals surface area contributed by atoms with Gasteiger partial charge in [-0.2, -0.15) is 0 Å². The van der Waals surface area contributed by atoms with Crippen LogP contribution in [0.25, 0.3) is 21.5 Å². The molecule has 2 atom stereocenters. The fourth-order valence-electron chi connectivity index (χ4n) is 2.78. The van der Waals surface area contributed by atoms with E-state index in [0.29, 0.717) is 5.66 Å². The molecule has 0 N–H and O–H groups in total. The van der Waals surface area contributed by atoms with Crippen molar-refractivity contribution in [1.29, 1.82) is 0 Å². The first-order chi connectivity index (χ1) is 9.29. The van der Waals surface area contributed by atoms with Crippen molar-refractivity contribution in [2.45, 2.75) is 25.4 Å². The fourth-order valence-corrected chi connectivity index (χ4v) is 3.40. The summed E-state index contributed by atoms with van der Waals surface area (Å²) in [6.45, 7) is 2.25. The molecule has 0 aliphatic heterocycles. The molecule has 0 aromatic heterocycles. The van der Waals surface area contributed by atoms with Crippen LogP contribution in [0.15, 0.2) is 54.6 Å². The normalized spacial score (nSPS) is 12.9. The molecular weight excluding hydrogens is 247 g/mol. The van der Waals surface area contributed by atoms with E-state index in [0.717, 1.165) is 0 Å². The molecule has 0 fully saturated rings. The average molecular weight is 266 g/mol. The first-order valence-electron chi connectivity index (χ1n) is 6.96. The van der Waals surface area contributed by atoms with Crippen LogP contribution in [0, 0.1) is 0 Å². The van der Waals surface area contributed by atoms with Gasteiger partial charge in [-0.15, -0.1) is 9.24 Å². The highest BCUT2D eigenvalue weighted by atomic mass is 31.0. The molecule has 0 nitrogen and oxygen atoms in total. The number of hydrogen-bond acceptors (Lipinski definition) is 0. The second kappa shape index (κ2) is 5.31. The van der Waals surface area contributed by atoms with E-state index in [2.05, 4.69) is 70.8 Å². The van der Waals surface area contributed by atoms with Crippen LogP contribution in [0.4, 0.5) is 0 Å². The van der Waals surface area contributed by atoms with Gasteiger partial charge in [0.1, 0.15) is 0 Å². The second-order valence-corrected chi connectivity index (χ2v) is 5.97. The lowest BCUT2D eigenvalue weighted by Gasteiger charge is -2.14. The third-order valence-corrected chi connectivity index (χ3v) is 4.47. The lowest BCUT2D eigenvalue weighted by Crippen LogP contribution is -1.91. The molecule has 1 heteroatoms. The largest absolute Gasteiger partial charge is 0.130 e. The van der Waals surface area contributed by atoms with Gasteiger partial charge in [0.15, 0.2) is 0 Å². The van der Waals surface area contributed by atoms with E-state index in [1.54, 1.807) is 0 Å². The Balaban J connectivity index is 2.26. The Morgan fingerprint density at radius 1 is 0.895 bits per heavy atom. The van der Waals surface area contributed by atoms with Crippen molar-refractivity contribution in [2.75, 3.05) is 0 Å². The van der Waals surface area contributed by atoms with Gasteiger partial charge in [-0.1, -0.05) is 55.8 Å². The first-order valence-corrected chi connectivity index (χ1v) is 7.63. The number of hydrogen-bond donors (Lipinski definition) is 0. The summed E-state index contributed by atoms with van der Waals surface area (Å²) < 4.78 is 0. The van der Waals surface area contributed by atoms with Crippen molar-refractivity contribution in [3.8, 4) is 0 Å². The van der Waals surface area contributed by atoms with Gasteiger partial charge in [0.25, 0.3) is 0 Å². The van der Waals surface area contributed by atoms with Crippen molar-refractivity contribution in [2.24, 2.45) is 0 Å². The highest BCUT2D eigenvalue weighted by Crippen LogP contribution is 2.35. The molecule has 2 unspecified atom stereocenters. The minimum atomic E-state index is 0.551. The zero-order valence-corrected chi connectivity index (χ0v) is 12.4. The molecule has 0 saturated carbocycles. The van der Waals surface area contributed by atoms with Gasteiger partial charge in [0.05, 0.1) is 0 Å². The smallest absolute Gasteiger partial charge is 0.000853 e. The molecule has 0 bridgehead atoms. The Labute approximate surface area is 117 Å². The molecule has 3 rings (SSSR count). The Hall–Kier alpha value is -1.39. The topological polar surface area (TPSA) is 0 Å². The van der Waals surface area contributed by atoms with Gasteiger partial charge in [-0.25, -0.2) is 0 Å². The highest BCUT2D eigenvalue weighted by molar-refractivity contribution is 7.17. The highest BCUT2D eigenvalue weighted by Gasteiger charge is 2.09. The molecular formula is C18H19P. The summed E-state index contributed by atoms with van der Waals surface area (Å²) in [7, 11) is 3.00. The minimum absolute atomic E-state index is 0.551. The molecule has 3 aromatic carbocycles. The van der Waals surface area contributed by atoms with Crippen LogP contribution in [0.5, 0.6) is 0 Å². The molecule has 0 saturated heterocycles. The van der Waals surface area contributed by atoms with Gasteiger partial charge in [0, 0.05) is 0 Å². The van der Waals surface area contributed by atoms with Gasteiger partial charge in [-0.05, 0) is 51.3 Å². The van der Waals surface area contributed by atoms with Crippen LogP contribution in [-0.2, 0) is 0 Å². The van der Waals surface area contributed by atoms with E-state index >= 15 is 0 Å². The van der Waals surface area contributed by atoms with Crippen molar-refractivity contribution in [3.63, 3.8) is 0 Å². The maximum atomic E-state index is 3.00. The van der Waals surface area contributed by atoms with Crippen LogP contribution in [-0.4, -0.2) is 0 Å². The van der Waals surface area contributed by atoms with Crippen LogP contribution in [0.2, 0.25) is 0 Å². The lowest BCUT2D eigenvalue weighted by molar-refractivity contribution is 0.783. The molecule has 19 heavy (non-hydrogen) atoms. The third-order valence-electron chi connectivity index (χ3n) is 3.78. The van der Waals surface area contributed by atoms with Gasteiger partial charge in [0.2, 0.25) is 0 Å². The van der Waals surface area contributed by atoms with Crippen LogP contribution < -0.4 is 0 Å². The van der Waals surface area contributed by atoms with Crippen molar-refractivity contribution in [1.82, 2.24) is 0 Å². The second-order valence-electron chi connectivity index (χ2n) is 5.16. The summed E-state index contributed by atoms with van der Waals surface area (Å²) in [6.07, 6.45) is 2.44. The van der Waals surface area contributed by atoms with E-state index in [1.165, 1.54) is 39.9 Å². The maximum Gasteiger partial charge on any atom is -0.000853 e. The first kappa shape index (κ1) is 12.6. The number of benzene rings is 3. The van der Waals surface area contributed by atoms with Gasteiger partial charge < -0.3 is 0 Å². The van der Waals surface area contributed by atoms with Crippen LogP contribution in [0.3, 0.4) is 0 Å². The maximum absolute atomic E-state index is 3.00. The Bertz CT molecular complexity index is 715. The van der Waals surface area contributed by atoms with Crippen molar-refractivity contribution < 1.29 is 0 Å². The molecule has 0 aliphatic rings.